The van der Waals surface area contributed by atoms with Crippen LogP contribution >= 0.6 is 0 Å². The molecule has 1 heterocycles. The van der Waals surface area contributed by atoms with E-state index < -0.39 is 17.2 Å². The average molecular weight is 456 g/mol. The van der Waals surface area contributed by atoms with Gasteiger partial charge in [-0.2, -0.15) is 0 Å². The van der Waals surface area contributed by atoms with Crippen molar-refractivity contribution in [3.63, 3.8) is 0 Å². The quantitative estimate of drug-likeness (QED) is 0.403. The second kappa shape index (κ2) is 10.7. The Kier molecular flexibility index (Phi) is 8.01. The molecule has 0 radical (unpaired) electrons. The van der Waals surface area contributed by atoms with E-state index in [1.54, 1.807) is 12.1 Å². The minimum atomic E-state index is -1.77. The highest BCUT2D eigenvalue weighted by Gasteiger charge is 2.45. The molecule has 3 rings (SSSR count). The Labute approximate surface area is 192 Å². The van der Waals surface area contributed by atoms with Crippen LogP contribution in [0.2, 0.25) is 0 Å². The molecule has 0 bridgehead atoms. The van der Waals surface area contributed by atoms with E-state index in [0.29, 0.717) is 5.56 Å². The molecule has 0 saturated carbocycles. The Hall–Kier alpha value is -3.01. The van der Waals surface area contributed by atoms with Gasteiger partial charge in [0, 0.05) is 47.2 Å². The summed E-state index contributed by atoms with van der Waals surface area (Å²) in [5, 5.41) is 0. The summed E-state index contributed by atoms with van der Waals surface area (Å²) in [5.41, 5.74) is 0.955. The maximum Gasteiger partial charge on any atom is 0.345 e. The molecule has 3 aromatic rings. The molecule has 0 fully saturated rings. The highest BCUT2D eigenvalue weighted by atomic mass is 16.9. The van der Waals surface area contributed by atoms with Crippen LogP contribution < -0.4 is 10.2 Å². The molecule has 0 unspecified atom stereocenters. The van der Waals surface area contributed by atoms with Crippen LogP contribution in [0.5, 0.6) is 5.75 Å². The zero-order valence-corrected chi connectivity index (χ0v) is 19.3. The summed E-state index contributed by atoms with van der Waals surface area (Å²) in [6.07, 6.45) is 0. The molecule has 0 aliphatic carbocycles. The lowest BCUT2D eigenvalue weighted by Crippen LogP contribution is -2.38. The summed E-state index contributed by atoms with van der Waals surface area (Å²) in [6, 6.07) is 19.7. The minimum Gasteiger partial charge on any atom is -0.481 e. The van der Waals surface area contributed by atoms with Gasteiger partial charge >= 0.3 is 5.97 Å². The summed E-state index contributed by atoms with van der Waals surface area (Å²) in [5.74, 6) is -3.52. The number of methoxy groups -OCH3 is 5. The Morgan fingerprint density at radius 1 is 0.758 bits per heavy atom. The molecule has 0 saturated heterocycles. The van der Waals surface area contributed by atoms with Crippen LogP contribution in [0.25, 0.3) is 0 Å². The van der Waals surface area contributed by atoms with Gasteiger partial charge in [0.15, 0.2) is 5.76 Å². The van der Waals surface area contributed by atoms with Gasteiger partial charge in [-0.3, -0.25) is 4.79 Å². The summed E-state index contributed by atoms with van der Waals surface area (Å²) in [4.78, 5) is 13.3. The SMILES string of the molecule is COC(OC)(OC)c1cc(=O)c(OCc2ccccc2)c(C(OC)(OC)c2ccccc2)o1. The smallest absolute Gasteiger partial charge is 0.345 e. The van der Waals surface area contributed by atoms with Crippen LogP contribution in [-0.4, -0.2) is 35.5 Å². The van der Waals surface area contributed by atoms with Gasteiger partial charge in [-0.15, -0.1) is 0 Å². The monoisotopic (exact) mass is 456 g/mol. The third-order valence-corrected chi connectivity index (χ3v) is 5.27. The molecule has 0 N–H and O–H groups in total. The van der Waals surface area contributed by atoms with Gasteiger partial charge in [0.05, 0.1) is 0 Å². The fraction of sp³-hybridized carbons (Fsp3) is 0.320. The van der Waals surface area contributed by atoms with E-state index in [1.165, 1.54) is 41.6 Å². The van der Waals surface area contributed by atoms with Gasteiger partial charge in [0.2, 0.25) is 16.9 Å². The van der Waals surface area contributed by atoms with Crippen molar-refractivity contribution in [1.29, 1.82) is 0 Å². The summed E-state index contributed by atoms with van der Waals surface area (Å²) < 4.78 is 39.9. The molecule has 8 nitrogen and oxygen atoms in total. The lowest BCUT2D eigenvalue weighted by Gasteiger charge is -2.33. The first kappa shape index (κ1) is 24.6. The van der Waals surface area contributed by atoms with Gasteiger partial charge in [-0.1, -0.05) is 60.7 Å². The van der Waals surface area contributed by atoms with Crippen molar-refractivity contribution >= 4 is 0 Å². The van der Waals surface area contributed by atoms with Crippen LogP contribution in [0.3, 0.4) is 0 Å². The Morgan fingerprint density at radius 2 is 1.30 bits per heavy atom. The maximum atomic E-state index is 13.3. The van der Waals surface area contributed by atoms with E-state index >= 15 is 0 Å². The first-order valence-electron chi connectivity index (χ1n) is 10.2. The first-order valence-corrected chi connectivity index (χ1v) is 10.2. The van der Waals surface area contributed by atoms with Gasteiger partial charge in [-0.25, -0.2) is 0 Å². The highest BCUT2D eigenvalue weighted by molar-refractivity contribution is 5.38. The van der Waals surface area contributed by atoms with Crippen LogP contribution in [0.1, 0.15) is 22.6 Å². The van der Waals surface area contributed by atoms with Crippen LogP contribution in [0.15, 0.2) is 75.9 Å². The van der Waals surface area contributed by atoms with Crippen molar-refractivity contribution in [1.82, 2.24) is 0 Å². The molecule has 176 valence electrons. The highest BCUT2D eigenvalue weighted by Crippen LogP contribution is 2.40. The largest absolute Gasteiger partial charge is 0.481 e. The van der Waals surface area contributed by atoms with E-state index in [1.807, 2.05) is 48.5 Å². The van der Waals surface area contributed by atoms with Gasteiger partial charge in [0.1, 0.15) is 6.61 Å². The van der Waals surface area contributed by atoms with Gasteiger partial charge in [0.25, 0.3) is 5.79 Å². The lowest BCUT2D eigenvalue weighted by atomic mass is 10.0. The lowest BCUT2D eigenvalue weighted by molar-refractivity contribution is -0.373. The van der Waals surface area contributed by atoms with Crippen molar-refractivity contribution in [2.75, 3.05) is 35.5 Å². The number of rotatable bonds is 11. The van der Waals surface area contributed by atoms with Crippen molar-refractivity contribution in [3.05, 3.63) is 99.6 Å². The van der Waals surface area contributed by atoms with Gasteiger partial charge < -0.3 is 32.8 Å². The molecule has 2 aromatic carbocycles. The van der Waals surface area contributed by atoms with Crippen LogP contribution in [0.4, 0.5) is 0 Å². The normalized spacial score (nSPS) is 12.0. The summed E-state index contributed by atoms with van der Waals surface area (Å²) >= 11 is 0. The van der Waals surface area contributed by atoms with E-state index in [9.17, 15) is 4.79 Å². The topological polar surface area (TPSA) is 85.6 Å². The van der Waals surface area contributed by atoms with E-state index in [4.69, 9.17) is 32.8 Å². The van der Waals surface area contributed by atoms with E-state index in [0.717, 1.165) is 5.56 Å². The van der Waals surface area contributed by atoms with E-state index in [2.05, 4.69) is 0 Å². The average Bonchev–Trinajstić information content (AvgIpc) is 2.87. The third kappa shape index (κ3) is 4.71. The van der Waals surface area contributed by atoms with Crippen molar-refractivity contribution in [3.8, 4) is 5.75 Å². The number of hydrogen-bond acceptors (Lipinski definition) is 8. The Bertz CT molecular complexity index is 1060. The molecule has 0 aliphatic heterocycles. The van der Waals surface area contributed by atoms with Crippen molar-refractivity contribution < 1.29 is 32.8 Å². The fourth-order valence-corrected chi connectivity index (χ4v) is 3.56. The zero-order valence-electron chi connectivity index (χ0n) is 19.3. The second-order valence-electron chi connectivity index (χ2n) is 6.97. The summed E-state index contributed by atoms with van der Waals surface area (Å²) in [7, 11) is 6.98. The fourth-order valence-electron chi connectivity index (χ4n) is 3.56. The standard InChI is InChI=1S/C25H28O8/c1-27-24(28-2,19-14-10-7-11-15-19)23-22(32-17-18-12-8-6-9-13-18)20(26)16-21(33-23)25(29-3,30-4)31-5/h6-16H,17H2,1-5H3. The predicted molar refractivity (Wildman–Crippen MR) is 120 cm³/mol. The van der Waals surface area contributed by atoms with Crippen molar-refractivity contribution in [2.24, 2.45) is 0 Å². The first-order chi connectivity index (χ1) is 16.0. The number of hydrogen-bond donors (Lipinski definition) is 0. The summed E-state index contributed by atoms with van der Waals surface area (Å²) in [6.45, 7) is 0.125. The molecule has 0 aliphatic rings. The molecular formula is C25H28O8. The molecule has 33 heavy (non-hydrogen) atoms. The van der Waals surface area contributed by atoms with E-state index in [-0.39, 0.29) is 23.9 Å². The Balaban J connectivity index is 2.25. The van der Waals surface area contributed by atoms with Crippen LogP contribution in [-0.2, 0) is 42.1 Å². The molecular weight excluding hydrogens is 428 g/mol. The maximum absolute atomic E-state index is 13.3. The molecule has 0 spiro atoms. The van der Waals surface area contributed by atoms with Crippen LogP contribution in [0, 0.1) is 0 Å². The number of benzene rings is 2. The third-order valence-electron chi connectivity index (χ3n) is 5.27. The molecule has 0 amide bonds. The van der Waals surface area contributed by atoms with Gasteiger partial charge in [-0.05, 0) is 5.56 Å². The molecule has 0 atom stereocenters. The molecule has 8 heteroatoms. The predicted octanol–water partition coefficient (Wildman–Crippen LogP) is 3.76. The molecule has 1 aromatic heterocycles. The minimum absolute atomic E-state index is 0.0207. The zero-order chi connectivity index (χ0) is 23.9. The number of ether oxygens (including phenoxy) is 6. The van der Waals surface area contributed by atoms with Crippen molar-refractivity contribution in [2.45, 2.75) is 18.4 Å². The Morgan fingerprint density at radius 3 is 1.82 bits per heavy atom. The second-order valence-corrected chi connectivity index (χ2v) is 6.97.